The largest absolute Gasteiger partial charge is 0.484 e. The third kappa shape index (κ3) is 4.07. The topological polar surface area (TPSA) is 77.2 Å². The minimum absolute atomic E-state index is 0.218. The van der Waals surface area contributed by atoms with Gasteiger partial charge in [-0.25, -0.2) is 4.39 Å². The maximum Gasteiger partial charge on any atom is 0.262 e. The van der Waals surface area contributed by atoms with Crippen molar-refractivity contribution < 1.29 is 18.4 Å². The first-order valence-electron chi connectivity index (χ1n) is 8.34. The van der Waals surface area contributed by atoms with E-state index < -0.39 is 0 Å². The van der Waals surface area contributed by atoms with Crippen molar-refractivity contribution in [1.29, 1.82) is 0 Å². The summed E-state index contributed by atoms with van der Waals surface area (Å²) >= 11 is 1.51. The van der Waals surface area contributed by atoms with Crippen LogP contribution in [0.15, 0.2) is 70.6 Å². The summed E-state index contributed by atoms with van der Waals surface area (Å²) in [4.78, 5) is 17.6. The van der Waals surface area contributed by atoms with Gasteiger partial charge in [-0.05, 0) is 47.8 Å². The van der Waals surface area contributed by atoms with E-state index >= 15 is 0 Å². The summed E-state index contributed by atoms with van der Waals surface area (Å²) in [7, 11) is 0. The zero-order valence-electron chi connectivity index (χ0n) is 14.5. The van der Waals surface area contributed by atoms with E-state index in [9.17, 15) is 9.18 Å². The predicted octanol–water partition coefficient (Wildman–Crippen LogP) is 4.62. The normalized spacial score (nSPS) is 10.6. The van der Waals surface area contributed by atoms with E-state index in [4.69, 9.17) is 9.26 Å². The Balaban J connectivity index is 1.47. The molecule has 0 atom stereocenters. The molecule has 0 radical (unpaired) electrons. The van der Waals surface area contributed by atoms with Crippen LogP contribution in [0.2, 0.25) is 0 Å². The van der Waals surface area contributed by atoms with Gasteiger partial charge in [0.1, 0.15) is 11.6 Å². The molecule has 1 amide bonds. The average molecular weight is 395 g/mol. The lowest BCUT2D eigenvalue weighted by molar-refractivity contribution is -0.118. The third-order valence-corrected chi connectivity index (χ3v) is 4.65. The van der Waals surface area contributed by atoms with Crippen molar-refractivity contribution in [1.82, 2.24) is 10.1 Å². The molecule has 2 heterocycles. The molecule has 0 saturated carbocycles. The second-order valence-electron chi connectivity index (χ2n) is 5.74. The quantitative estimate of drug-likeness (QED) is 0.515. The molecule has 28 heavy (non-hydrogen) atoms. The van der Waals surface area contributed by atoms with Gasteiger partial charge in [0.05, 0.1) is 16.1 Å². The molecule has 0 fully saturated rings. The molecule has 0 unspecified atom stereocenters. The van der Waals surface area contributed by atoms with E-state index in [0.29, 0.717) is 28.7 Å². The van der Waals surface area contributed by atoms with Crippen LogP contribution in [0, 0.1) is 5.82 Å². The molecular weight excluding hydrogens is 381 g/mol. The van der Waals surface area contributed by atoms with E-state index in [-0.39, 0.29) is 18.3 Å². The molecule has 0 aliphatic heterocycles. The number of carbonyl (C=O) groups excluding carboxylic acids is 1. The SMILES string of the molecule is O=C(COc1ccc(F)cc1)Nc1ccccc1-c1nc(-c2cccs2)no1. The second-order valence-corrected chi connectivity index (χ2v) is 6.68. The molecule has 0 bridgehead atoms. The van der Waals surface area contributed by atoms with Crippen molar-refractivity contribution in [3.8, 4) is 27.9 Å². The number of anilines is 1. The Kier molecular flexibility index (Phi) is 5.11. The van der Waals surface area contributed by atoms with Gasteiger partial charge in [0.15, 0.2) is 6.61 Å². The molecule has 0 saturated heterocycles. The van der Waals surface area contributed by atoms with Crippen LogP contribution in [0.4, 0.5) is 10.1 Å². The van der Waals surface area contributed by atoms with Crippen LogP contribution in [0.3, 0.4) is 0 Å². The lowest BCUT2D eigenvalue weighted by Crippen LogP contribution is -2.20. The summed E-state index contributed by atoms with van der Waals surface area (Å²) in [6.45, 7) is -0.218. The Hall–Kier alpha value is -3.52. The first kappa shape index (κ1) is 17.9. The van der Waals surface area contributed by atoms with Crippen molar-refractivity contribution in [3.63, 3.8) is 0 Å². The third-order valence-electron chi connectivity index (χ3n) is 3.78. The van der Waals surface area contributed by atoms with Crippen LogP contribution >= 0.6 is 11.3 Å². The summed E-state index contributed by atoms with van der Waals surface area (Å²) in [5.74, 6) is 0.467. The first-order valence-corrected chi connectivity index (χ1v) is 9.22. The number of thiophene rings is 1. The fourth-order valence-electron chi connectivity index (χ4n) is 2.48. The lowest BCUT2D eigenvalue weighted by Gasteiger charge is -2.09. The summed E-state index contributed by atoms with van der Waals surface area (Å²) in [5, 5.41) is 8.70. The van der Waals surface area contributed by atoms with Crippen molar-refractivity contribution in [2.24, 2.45) is 0 Å². The summed E-state index contributed by atoms with van der Waals surface area (Å²) in [6.07, 6.45) is 0. The number of benzene rings is 2. The molecule has 0 aliphatic carbocycles. The number of ether oxygens (including phenoxy) is 1. The van der Waals surface area contributed by atoms with E-state index in [1.165, 1.54) is 35.6 Å². The van der Waals surface area contributed by atoms with E-state index in [1.807, 2.05) is 23.6 Å². The van der Waals surface area contributed by atoms with Gasteiger partial charge in [0, 0.05) is 0 Å². The van der Waals surface area contributed by atoms with Crippen LogP contribution < -0.4 is 10.1 Å². The zero-order chi connectivity index (χ0) is 19.3. The van der Waals surface area contributed by atoms with Crippen LogP contribution in [-0.4, -0.2) is 22.7 Å². The van der Waals surface area contributed by atoms with E-state index in [1.54, 1.807) is 18.2 Å². The van der Waals surface area contributed by atoms with Gasteiger partial charge >= 0.3 is 0 Å². The Morgan fingerprint density at radius 1 is 1.11 bits per heavy atom. The summed E-state index contributed by atoms with van der Waals surface area (Å²) < 4.78 is 23.6. The first-order chi connectivity index (χ1) is 13.7. The Morgan fingerprint density at radius 2 is 1.93 bits per heavy atom. The molecule has 2 aromatic carbocycles. The molecular formula is C20H14FN3O3S. The standard InChI is InChI=1S/C20H14FN3O3S/c21-13-7-9-14(10-8-13)26-12-18(25)22-16-5-2-1-4-15(16)20-23-19(24-27-20)17-6-3-11-28-17/h1-11H,12H2,(H,22,25). The van der Waals surface area contributed by atoms with Crippen LogP contribution in [0.5, 0.6) is 5.75 Å². The van der Waals surface area contributed by atoms with Gasteiger partial charge in [-0.15, -0.1) is 11.3 Å². The lowest BCUT2D eigenvalue weighted by atomic mass is 10.1. The van der Waals surface area contributed by atoms with Crippen molar-refractivity contribution >= 4 is 22.9 Å². The molecule has 0 spiro atoms. The van der Waals surface area contributed by atoms with E-state index in [0.717, 1.165) is 4.88 Å². The number of aromatic nitrogens is 2. The van der Waals surface area contributed by atoms with Crippen LogP contribution in [0.25, 0.3) is 22.2 Å². The van der Waals surface area contributed by atoms with Gasteiger partial charge < -0.3 is 14.6 Å². The molecule has 8 heteroatoms. The predicted molar refractivity (Wildman–Crippen MR) is 104 cm³/mol. The average Bonchev–Trinajstić information content (AvgIpc) is 3.40. The van der Waals surface area contributed by atoms with Gasteiger partial charge in [0.25, 0.3) is 11.8 Å². The van der Waals surface area contributed by atoms with Gasteiger partial charge in [-0.2, -0.15) is 4.98 Å². The minimum atomic E-state index is -0.368. The Labute approximate surface area is 163 Å². The molecule has 4 rings (SSSR count). The van der Waals surface area contributed by atoms with Gasteiger partial charge in [-0.1, -0.05) is 23.4 Å². The highest BCUT2D eigenvalue weighted by Gasteiger charge is 2.16. The number of para-hydroxylation sites is 1. The second kappa shape index (κ2) is 8.01. The Morgan fingerprint density at radius 3 is 2.71 bits per heavy atom. The van der Waals surface area contributed by atoms with Gasteiger partial charge in [-0.3, -0.25) is 4.79 Å². The highest BCUT2D eigenvalue weighted by Crippen LogP contribution is 2.29. The molecule has 1 N–H and O–H groups in total. The summed E-state index contributed by atoms with van der Waals surface area (Å²) in [5.41, 5.74) is 1.13. The van der Waals surface area contributed by atoms with Crippen molar-refractivity contribution in [2.45, 2.75) is 0 Å². The minimum Gasteiger partial charge on any atom is -0.484 e. The number of rotatable bonds is 6. The van der Waals surface area contributed by atoms with Gasteiger partial charge in [0.2, 0.25) is 5.82 Å². The van der Waals surface area contributed by atoms with Crippen molar-refractivity contribution in [3.05, 3.63) is 71.9 Å². The smallest absolute Gasteiger partial charge is 0.262 e. The zero-order valence-corrected chi connectivity index (χ0v) is 15.3. The molecule has 0 aliphatic rings. The highest BCUT2D eigenvalue weighted by atomic mass is 32.1. The molecule has 140 valence electrons. The van der Waals surface area contributed by atoms with Crippen LogP contribution in [-0.2, 0) is 4.79 Å². The highest BCUT2D eigenvalue weighted by molar-refractivity contribution is 7.13. The number of hydrogen-bond acceptors (Lipinski definition) is 6. The fraction of sp³-hybridized carbons (Fsp3) is 0.0500. The maximum absolute atomic E-state index is 12.9. The number of halogens is 1. The fourth-order valence-corrected chi connectivity index (χ4v) is 3.13. The Bertz CT molecular complexity index is 1080. The van der Waals surface area contributed by atoms with E-state index in [2.05, 4.69) is 15.5 Å². The number of nitrogens with one attached hydrogen (secondary N) is 1. The molecule has 2 aromatic heterocycles. The number of nitrogens with zero attached hydrogens (tertiary/aromatic N) is 2. The number of carbonyl (C=O) groups is 1. The van der Waals surface area contributed by atoms with Crippen molar-refractivity contribution in [2.75, 3.05) is 11.9 Å². The van der Waals surface area contributed by atoms with Crippen LogP contribution in [0.1, 0.15) is 0 Å². The summed E-state index contributed by atoms with van der Waals surface area (Å²) in [6, 6.07) is 16.4. The number of hydrogen-bond donors (Lipinski definition) is 1. The molecule has 4 aromatic rings. The maximum atomic E-state index is 12.9. The number of amides is 1. The monoisotopic (exact) mass is 395 g/mol. The molecule has 6 nitrogen and oxygen atoms in total.